The third-order valence-corrected chi connectivity index (χ3v) is 4.22. The van der Waals surface area contributed by atoms with E-state index in [1.54, 1.807) is 24.4 Å². The van der Waals surface area contributed by atoms with Crippen molar-refractivity contribution in [2.24, 2.45) is 5.10 Å². The first kappa shape index (κ1) is 16.7. The molecular formula is C18H13Cl2N3S. The fourth-order valence-corrected chi connectivity index (χ4v) is 2.93. The first-order valence-corrected chi connectivity index (χ1v) is 8.33. The highest BCUT2D eigenvalue weighted by Crippen LogP contribution is 2.29. The van der Waals surface area contributed by atoms with E-state index in [1.807, 2.05) is 24.3 Å². The van der Waals surface area contributed by atoms with Gasteiger partial charge in [-0.25, -0.2) is 0 Å². The number of anilines is 1. The van der Waals surface area contributed by atoms with Gasteiger partial charge in [0, 0.05) is 5.56 Å². The van der Waals surface area contributed by atoms with Gasteiger partial charge in [-0.2, -0.15) is 5.10 Å². The van der Waals surface area contributed by atoms with Gasteiger partial charge in [0.2, 0.25) is 0 Å². The van der Waals surface area contributed by atoms with E-state index in [9.17, 15) is 0 Å². The third-order valence-electron chi connectivity index (χ3n) is 3.39. The molecule has 0 bridgehead atoms. The Kier molecular flexibility index (Phi) is 5.30. The van der Waals surface area contributed by atoms with Crippen molar-refractivity contribution in [3.8, 4) is 0 Å². The van der Waals surface area contributed by atoms with Crippen LogP contribution in [0.4, 0.5) is 5.69 Å². The average Bonchev–Trinajstić information content (AvgIpc) is 2.58. The lowest BCUT2D eigenvalue weighted by Gasteiger charge is -2.10. The van der Waals surface area contributed by atoms with Crippen LogP contribution >= 0.6 is 35.4 Å². The highest BCUT2D eigenvalue weighted by atomic mass is 35.5. The third kappa shape index (κ3) is 3.85. The quantitative estimate of drug-likeness (QED) is 0.363. The minimum atomic E-state index is 0.307. The predicted octanol–water partition coefficient (Wildman–Crippen LogP) is 5.47. The summed E-state index contributed by atoms with van der Waals surface area (Å²) in [6.45, 7) is 0. The molecule has 24 heavy (non-hydrogen) atoms. The topological polar surface area (TPSA) is 36.4 Å². The average molecular weight is 374 g/mol. The van der Waals surface area contributed by atoms with Crippen molar-refractivity contribution < 1.29 is 0 Å². The summed E-state index contributed by atoms with van der Waals surface area (Å²) in [5.74, 6) is 0. The Hall–Kier alpha value is -2.14. The van der Waals surface area contributed by atoms with Gasteiger partial charge in [0.25, 0.3) is 0 Å². The number of hydrazone groups is 1. The second-order valence-electron chi connectivity index (χ2n) is 4.99. The maximum atomic E-state index is 6.10. The summed E-state index contributed by atoms with van der Waals surface area (Å²) in [7, 11) is 0. The molecule has 0 fully saturated rings. The van der Waals surface area contributed by atoms with Crippen LogP contribution in [-0.2, 0) is 0 Å². The lowest BCUT2D eigenvalue weighted by atomic mass is 10.1. The number of rotatable bonds is 3. The van der Waals surface area contributed by atoms with Gasteiger partial charge in [-0.3, -0.25) is 5.43 Å². The Bertz CT molecular complexity index is 900. The molecule has 0 aliphatic carbocycles. The zero-order chi connectivity index (χ0) is 16.9. The fraction of sp³-hybridized carbons (Fsp3) is 0. The lowest BCUT2D eigenvalue weighted by Crippen LogP contribution is -2.24. The molecule has 0 amide bonds. The van der Waals surface area contributed by atoms with Crippen LogP contribution in [0.5, 0.6) is 0 Å². The van der Waals surface area contributed by atoms with Crippen molar-refractivity contribution in [2.75, 3.05) is 5.32 Å². The predicted molar refractivity (Wildman–Crippen MR) is 107 cm³/mol. The van der Waals surface area contributed by atoms with Crippen LogP contribution in [0.25, 0.3) is 10.8 Å². The number of fused-ring (bicyclic) bond motifs is 1. The molecular weight excluding hydrogens is 361 g/mol. The summed E-state index contributed by atoms with van der Waals surface area (Å²) in [5.41, 5.74) is 4.32. The number of nitrogens with one attached hydrogen (secondary N) is 2. The fourth-order valence-electron chi connectivity index (χ4n) is 2.28. The van der Waals surface area contributed by atoms with Crippen molar-refractivity contribution in [1.82, 2.24) is 5.43 Å². The summed E-state index contributed by atoms with van der Waals surface area (Å²) in [6, 6.07) is 19.4. The smallest absolute Gasteiger partial charge is 0.191 e. The van der Waals surface area contributed by atoms with E-state index in [2.05, 4.69) is 34.0 Å². The molecule has 0 heterocycles. The van der Waals surface area contributed by atoms with E-state index >= 15 is 0 Å². The molecule has 3 aromatic rings. The number of para-hydroxylation sites is 1. The largest absolute Gasteiger partial charge is 0.329 e. The van der Waals surface area contributed by atoms with Gasteiger partial charge >= 0.3 is 0 Å². The molecule has 0 aromatic heterocycles. The zero-order valence-corrected chi connectivity index (χ0v) is 14.8. The Morgan fingerprint density at radius 3 is 2.38 bits per heavy atom. The molecule has 3 rings (SSSR count). The molecule has 3 nitrogen and oxygen atoms in total. The molecule has 0 aliphatic rings. The molecule has 0 aliphatic heterocycles. The summed E-state index contributed by atoms with van der Waals surface area (Å²) >= 11 is 17.4. The van der Waals surface area contributed by atoms with Gasteiger partial charge in [-0.05, 0) is 35.1 Å². The normalized spacial score (nSPS) is 10.9. The number of halogens is 2. The van der Waals surface area contributed by atoms with Gasteiger partial charge < -0.3 is 5.32 Å². The van der Waals surface area contributed by atoms with Crippen LogP contribution in [0.15, 0.2) is 65.8 Å². The van der Waals surface area contributed by atoms with Crippen molar-refractivity contribution in [2.45, 2.75) is 0 Å². The standard InChI is InChI=1S/C18H13Cl2N3S/c19-15-9-4-10-16(20)17(15)22-18(24)23-21-11-13-7-3-6-12-5-1-2-8-14(12)13/h1-11H,(H2,22,23,24)/b21-11+. The van der Waals surface area contributed by atoms with Gasteiger partial charge in [0.15, 0.2) is 5.11 Å². The Labute approximate surface area is 155 Å². The first-order chi connectivity index (χ1) is 11.6. The summed E-state index contributed by atoms with van der Waals surface area (Å²) in [4.78, 5) is 0. The van der Waals surface area contributed by atoms with Crippen LogP contribution in [0.1, 0.15) is 5.56 Å². The van der Waals surface area contributed by atoms with E-state index < -0.39 is 0 Å². The highest BCUT2D eigenvalue weighted by molar-refractivity contribution is 7.80. The molecule has 120 valence electrons. The number of benzene rings is 3. The minimum absolute atomic E-state index is 0.307. The van der Waals surface area contributed by atoms with Crippen molar-refractivity contribution in [1.29, 1.82) is 0 Å². The van der Waals surface area contributed by atoms with E-state index in [1.165, 1.54) is 0 Å². The maximum Gasteiger partial charge on any atom is 0.191 e. The molecule has 0 saturated heterocycles. The van der Waals surface area contributed by atoms with Crippen LogP contribution in [0.2, 0.25) is 10.0 Å². The van der Waals surface area contributed by atoms with Crippen LogP contribution in [0.3, 0.4) is 0 Å². The number of thiocarbonyl (C=S) groups is 1. The molecule has 0 unspecified atom stereocenters. The van der Waals surface area contributed by atoms with E-state index in [0.717, 1.165) is 16.3 Å². The van der Waals surface area contributed by atoms with Crippen LogP contribution < -0.4 is 10.7 Å². The molecule has 2 N–H and O–H groups in total. The van der Waals surface area contributed by atoms with Gasteiger partial charge in [-0.1, -0.05) is 71.7 Å². The SMILES string of the molecule is S=C(N/N=C/c1cccc2ccccc12)Nc1c(Cl)cccc1Cl. The van der Waals surface area contributed by atoms with Gasteiger partial charge in [-0.15, -0.1) is 0 Å². The summed E-state index contributed by atoms with van der Waals surface area (Å²) in [5, 5.41) is 10.7. The van der Waals surface area contributed by atoms with Gasteiger partial charge in [0.05, 0.1) is 21.9 Å². The molecule has 6 heteroatoms. The first-order valence-electron chi connectivity index (χ1n) is 7.17. The molecule has 3 aromatic carbocycles. The number of hydrogen-bond acceptors (Lipinski definition) is 2. The number of nitrogens with zero attached hydrogens (tertiary/aromatic N) is 1. The second kappa shape index (κ2) is 7.62. The van der Waals surface area contributed by atoms with E-state index in [0.29, 0.717) is 20.8 Å². The van der Waals surface area contributed by atoms with Crippen molar-refractivity contribution in [3.63, 3.8) is 0 Å². The Morgan fingerprint density at radius 1 is 0.917 bits per heavy atom. The summed E-state index contributed by atoms with van der Waals surface area (Å²) in [6.07, 6.45) is 1.73. The van der Waals surface area contributed by atoms with Crippen LogP contribution in [0, 0.1) is 0 Å². The molecule has 0 atom stereocenters. The molecule has 0 radical (unpaired) electrons. The molecule has 0 spiro atoms. The monoisotopic (exact) mass is 373 g/mol. The Morgan fingerprint density at radius 2 is 1.58 bits per heavy atom. The maximum absolute atomic E-state index is 6.10. The van der Waals surface area contributed by atoms with E-state index in [4.69, 9.17) is 35.4 Å². The summed E-state index contributed by atoms with van der Waals surface area (Å²) < 4.78 is 0. The number of hydrogen-bond donors (Lipinski definition) is 2. The van der Waals surface area contributed by atoms with Gasteiger partial charge in [0.1, 0.15) is 0 Å². The lowest BCUT2D eigenvalue weighted by molar-refractivity contribution is 1.05. The highest BCUT2D eigenvalue weighted by Gasteiger charge is 2.06. The Balaban J connectivity index is 1.71. The molecule has 0 saturated carbocycles. The van der Waals surface area contributed by atoms with Crippen molar-refractivity contribution >= 4 is 63.2 Å². The second-order valence-corrected chi connectivity index (χ2v) is 6.21. The zero-order valence-electron chi connectivity index (χ0n) is 12.5. The van der Waals surface area contributed by atoms with Crippen molar-refractivity contribution in [3.05, 3.63) is 76.3 Å². The minimum Gasteiger partial charge on any atom is -0.329 e. The van der Waals surface area contributed by atoms with E-state index in [-0.39, 0.29) is 0 Å². The van der Waals surface area contributed by atoms with Crippen LogP contribution in [-0.4, -0.2) is 11.3 Å².